The molecule has 0 fully saturated rings. The highest BCUT2D eigenvalue weighted by Gasteiger charge is 2.59. The van der Waals surface area contributed by atoms with Gasteiger partial charge in [0, 0.05) is 16.7 Å². The first-order chi connectivity index (χ1) is 13.7. The van der Waals surface area contributed by atoms with E-state index < -0.39 is 17.0 Å². The first-order valence-electron chi connectivity index (χ1n) is 9.18. The van der Waals surface area contributed by atoms with Crippen molar-refractivity contribution in [1.82, 2.24) is 20.2 Å². The molecule has 2 heterocycles. The second-order valence-corrected chi connectivity index (χ2v) is 8.66. The van der Waals surface area contributed by atoms with Crippen molar-refractivity contribution in [1.29, 1.82) is 0 Å². The number of alkyl halides is 1. The summed E-state index contributed by atoms with van der Waals surface area (Å²) in [6.07, 6.45) is 1.48. The van der Waals surface area contributed by atoms with E-state index in [-0.39, 0.29) is 28.1 Å². The molecule has 1 aromatic carbocycles. The summed E-state index contributed by atoms with van der Waals surface area (Å²) >= 11 is 2.27. The SMILES string of the molecule is C[C@H]1c2cc(-c3c(F)cccc3F)nnc2[C@](CI)(c2nccc(=O)[nH]2)C1(C)C. The molecule has 5 nitrogen and oxygen atoms in total. The molecule has 1 aliphatic rings. The molecular weight excluding hydrogens is 489 g/mol. The van der Waals surface area contributed by atoms with E-state index in [9.17, 15) is 13.6 Å². The fraction of sp³-hybridized carbons (Fsp3) is 0.333. The Morgan fingerprint density at radius 3 is 2.48 bits per heavy atom. The molecule has 0 unspecified atom stereocenters. The van der Waals surface area contributed by atoms with Crippen molar-refractivity contribution in [2.24, 2.45) is 5.41 Å². The monoisotopic (exact) mass is 508 g/mol. The highest BCUT2D eigenvalue weighted by molar-refractivity contribution is 14.1. The number of rotatable bonds is 3. The van der Waals surface area contributed by atoms with Gasteiger partial charge in [0.15, 0.2) is 0 Å². The summed E-state index contributed by atoms with van der Waals surface area (Å²) in [6.45, 7) is 6.24. The third-order valence-electron chi connectivity index (χ3n) is 6.37. The van der Waals surface area contributed by atoms with Gasteiger partial charge in [0.2, 0.25) is 0 Å². The van der Waals surface area contributed by atoms with E-state index in [4.69, 9.17) is 0 Å². The van der Waals surface area contributed by atoms with Gasteiger partial charge in [0.05, 0.1) is 22.4 Å². The number of aromatic amines is 1. The number of aromatic nitrogens is 4. The molecule has 0 radical (unpaired) electrons. The predicted molar refractivity (Wildman–Crippen MR) is 114 cm³/mol. The van der Waals surface area contributed by atoms with Crippen molar-refractivity contribution in [2.75, 3.05) is 4.43 Å². The maximum atomic E-state index is 14.3. The summed E-state index contributed by atoms with van der Waals surface area (Å²) in [6, 6.07) is 6.81. The topological polar surface area (TPSA) is 71.5 Å². The Hall–Kier alpha value is -2.23. The highest BCUT2D eigenvalue weighted by Crippen LogP contribution is 2.60. The maximum Gasteiger partial charge on any atom is 0.250 e. The molecule has 29 heavy (non-hydrogen) atoms. The second kappa shape index (κ2) is 6.93. The van der Waals surface area contributed by atoms with E-state index in [1.807, 2.05) is 0 Å². The maximum absolute atomic E-state index is 14.3. The van der Waals surface area contributed by atoms with Gasteiger partial charge in [0.25, 0.3) is 5.56 Å². The number of fused-ring (bicyclic) bond motifs is 1. The first-order valence-corrected chi connectivity index (χ1v) is 10.7. The van der Waals surface area contributed by atoms with Gasteiger partial charge in [-0.3, -0.25) is 4.79 Å². The molecule has 2 atom stereocenters. The molecule has 0 saturated carbocycles. The van der Waals surface area contributed by atoms with Gasteiger partial charge in [-0.2, -0.15) is 5.10 Å². The molecule has 0 bridgehead atoms. The van der Waals surface area contributed by atoms with Crippen LogP contribution in [-0.4, -0.2) is 24.6 Å². The number of hydrogen-bond acceptors (Lipinski definition) is 4. The minimum absolute atomic E-state index is 0.0122. The zero-order chi connectivity index (χ0) is 21.0. The Balaban J connectivity index is 1.99. The van der Waals surface area contributed by atoms with E-state index in [0.717, 1.165) is 5.56 Å². The summed E-state index contributed by atoms with van der Waals surface area (Å²) < 4.78 is 29.2. The molecule has 8 heteroatoms. The number of H-pyrrole nitrogens is 1. The lowest BCUT2D eigenvalue weighted by molar-refractivity contribution is 0.204. The number of hydrogen-bond donors (Lipinski definition) is 1. The van der Waals surface area contributed by atoms with E-state index in [2.05, 4.69) is 63.5 Å². The van der Waals surface area contributed by atoms with E-state index in [1.165, 1.54) is 30.5 Å². The lowest BCUT2D eigenvalue weighted by atomic mass is 9.64. The van der Waals surface area contributed by atoms with Crippen molar-refractivity contribution >= 4 is 22.6 Å². The fourth-order valence-electron chi connectivity index (χ4n) is 4.30. The van der Waals surface area contributed by atoms with Crippen LogP contribution in [0.3, 0.4) is 0 Å². The van der Waals surface area contributed by atoms with Crippen LogP contribution in [0, 0.1) is 17.0 Å². The largest absolute Gasteiger partial charge is 0.310 e. The molecule has 0 amide bonds. The van der Waals surface area contributed by atoms with Gasteiger partial charge < -0.3 is 4.98 Å². The third kappa shape index (κ3) is 2.75. The normalized spacial score (nSPS) is 22.5. The van der Waals surface area contributed by atoms with Gasteiger partial charge in [-0.05, 0) is 35.1 Å². The second-order valence-electron chi connectivity index (χ2n) is 7.90. The Morgan fingerprint density at radius 1 is 1.17 bits per heavy atom. The zero-order valence-electron chi connectivity index (χ0n) is 16.1. The summed E-state index contributed by atoms with van der Waals surface area (Å²) in [5.41, 5.74) is 0.183. The van der Waals surface area contributed by atoms with Crippen molar-refractivity contribution in [3.8, 4) is 11.3 Å². The number of halogens is 3. The summed E-state index contributed by atoms with van der Waals surface area (Å²) in [5.74, 6) is -0.854. The van der Waals surface area contributed by atoms with Crippen LogP contribution in [0.15, 0.2) is 41.3 Å². The van der Waals surface area contributed by atoms with E-state index in [1.54, 1.807) is 6.07 Å². The molecule has 0 spiro atoms. The molecule has 3 aromatic rings. The smallest absolute Gasteiger partial charge is 0.250 e. The van der Waals surface area contributed by atoms with Crippen molar-refractivity contribution < 1.29 is 8.78 Å². The molecule has 4 rings (SSSR count). The van der Waals surface area contributed by atoms with Crippen LogP contribution in [0.5, 0.6) is 0 Å². The Morgan fingerprint density at radius 2 is 1.86 bits per heavy atom. The van der Waals surface area contributed by atoms with E-state index in [0.29, 0.717) is 15.9 Å². The number of benzene rings is 1. The van der Waals surface area contributed by atoms with Crippen LogP contribution < -0.4 is 5.56 Å². The van der Waals surface area contributed by atoms with Crippen LogP contribution >= 0.6 is 22.6 Å². The Kier molecular flexibility index (Phi) is 4.79. The molecule has 0 aliphatic heterocycles. The van der Waals surface area contributed by atoms with Crippen LogP contribution in [0.2, 0.25) is 0 Å². The quantitative estimate of drug-likeness (QED) is 0.422. The lowest BCUT2D eigenvalue weighted by Gasteiger charge is -2.41. The number of nitrogens with zero attached hydrogens (tertiary/aromatic N) is 3. The van der Waals surface area contributed by atoms with Crippen LogP contribution in [0.1, 0.15) is 43.8 Å². The van der Waals surface area contributed by atoms with Gasteiger partial charge in [-0.1, -0.05) is 49.4 Å². The van der Waals surface area contributed by atoms with Crippen LogP contribution in [0.4, 0.5) is 8.78 Å². The van der Waals surface area contributed by atoms with Crippen LogP contribution in [0.25, 0.3) is 11.3 Å². The summed E-state index contributed by atoms with van der Waals surface area (Å²) in [5, 5.41) is 8.62. The minimum Gasteiger partial charge on any atom is -0.310 e. The first kappa shape index (κ1) is 20.1. The van der Waals surface area contributed by atoms with Crippen molar-refractivity contribution in [3.63, 3.8) is 0 Å². The fourth-order valence-corrected chi connectivity index (χ4v) is 6.00. The molecule has 1 aliphatic carbocycles. The van der Waals surface area contributed by atoms with Gasteiger partial charge in [-0.25, -0.2) is 13.8 Å². The summed E-state index contributed by atoms with van der Waals surface area (Å²) in [7, 11) is 0. The molecular formula is C21H19F2IN4O. The minimum atomic E-state index is -0.692. The summed E-state index contributed by atoms with van der Waals surface area (Å²) in [4.78, 5) is 19.3. The highest BCUT2D eigenvalue weighted by atomic mass is 127. The lowest BCUT2D eigenvalue weighted by Crippen LogP contribution is -2.45. The number of nitrogens with one attached hydrogen (secondary N) is 1. The van der Waals surface area contributed by atoms with Gasteiger partial charge in [0.1, 0.15) is 17.5 Å². The van der Waals surface area contributed by atoms with Crippen molar-refractivity contribution in [2.45, 2.75) is 32.1 Å². The average molecular weight is 508 g/mol. The van der Waals surface area contributed by atoms with E-state index >= 15 is 0 Å². The molecule has 0 saturated heterocycles. The molecule has 150 valence electrons. The molecule has 1 N–H and O–H groups in total. The average Bonchev–Trinajstić information content (AvgIpc) is 2.85. The standard InChI is InChI=1S/C21H19F2IN4O/c1-11-12-9-15(17-13(22)5-4-6-14(17)23)27-28-18(12)21(10-24,20(11,2)3)19-25-8-7-16(29)26-19/h4-9,11H,10H2,1-3H3,(H,25,26,29)/t11-,21+/m0/s1. The molecule has 2 aromatic heterocycles. The van der Waals surface area contributed by atoms with Crippen LogP contribution in [-0.2, 0) is 5.41 Å². The third-order valence-corrected chi connectivity index (χ3v) is 7.52. The van der Waals surface area contributed by atoms with Gasteiger partial charge >= 0.3 is 0 Å². The zero-order valence-corrected chi connectivity index (χ0v) is 18.3. The Labute approximate surface area is 180 Å². The van der Waals surface area contributed by atoms with Crippen molar-refractivity contribution in [3.05, 3.63) is 75.6 Å². The predicted octanol–water partition coefficient (Wildman–Crippen LogP) is 4.37. The van der Waals surface area contributed by atoms with Gasteiger partial charge in [-0.15, -0.1) is 5.10 Å². The Bertz CT molecular complexity index is 1140.